The van der Waals surface area contributed by atoms with E-state index in [9.17, 15) is 9.59 Å². The van der Waals surface area contributed by atoms with E-state index in [-0.39, 0.29) is 13.0 Å². The van der Waals surface area contributed by atoms with Crippen LogP contribution >= 0.6 is 0 Å². The van der Waals surface area contributed by atoms with E-state index in [1.54, 1.807) is 41.5 Å². The summed E-state index contributed by atoms with van der Waals surface area (Å²) in [6.07, 6.45) is 1.66. The maximum absolute atomic E-state index is 12.9. The van der Waals surface area contributed by atoms with Crippen molar-refractivity contribution in [3.8, 4) is 0 Å². The number of carbonyl (C=O) groups excluding carboxylic acids is 2. The predicted octanol–water partition coefficient (Wildman–Crippen LogP) is 3.65. The predicted molar refractivity (Wildman–Crippen MR) is 109 cm³/mol. The third-order valence-electron chi connectivity index (χ3n) is 4.52. The maximum Gasteiger partial charge on any atom is 0.411 e. The van der Waals surface area contributed by atoms with Crippen molar-refractivity contribution < 1.29 is 23.9 Å². The van der Waals surface area contributed by atoms with Crippen LogP contribution in [0.5, 0.6) is 0 Å². The number of nitrogens with zero attached hydrogens (tertiary/aromatic N) is 1. The van der Waals surface area contributed by atoms with Gasteiger partial charge in [-0.25, -0.2) is 9.59 Å². The molecule has 1 N–H and O–H groups in total. The minimum atomic E-state index is -0.830. The van der Waals surface area contributed by atoms with E-state index in [1.165, 1.54) is 4.90 Å². The van der Waals surface area contributed by atoms with Gasteiger partial charge in [0.05, 0.1) is 12.2 Å². The van der Waals surface area contributed by atoms with E-state index in [1.807, 2.05) is 36.4 Å². The minimum absolute atomic E-state index is 0.190. The van der Waals surface area contributed by atoms with Crippen LogP contribution in [0.2, 0.25) is 0 Å². The Balaban J connectivity index is 1.87. The molecular formula is C22H30N2O5. The van der Waals surface area contributed by atoms with Gasteiger partial charge in [0.2, 0.25) is 0 Å². The van der Waals surface area contributed by atoms with Crippen LogP contribution in [0.25, 0.3) is 5.70 Å². The molecule has 1 fully saturated rings. The lowest BCUT2D eigenvalue weighted by atomic mass is 9.98. The average Bonchev–Trinajstić information content (AvgIpc) is 3.17. The number of carbonyl (C=O) groups is 2. The molecule has 1 amide bonds. The van der Waals surface area contributed by atoms with E-state index < -0.39 is 34.9 Å². The van der Waals surface area contributed by atoms with E-state index in [0.29, 0.717) is 0 Å². The summed E-state index contributed by atoms with van der Waals surface area (Å²) in [4.78, 5) is 33.0. The summed E-state index contributed by atoms with van der Waals surface area (Å²) in [5, 5.41) is 0. The molecule has 2 aliphatic rings. The Kier molecular flexibility index (Phi) is 5.38. The highest BCUT2D eigenvalue weighted by atomic mass is 16.7. The first-order chi connectivity index (χ1) is 13.4. The van der Waals surface area contributed by atoms with Gasteiger partial charge in [-0.15, -0.1) is 0 Å². The first kappa shape index (κ1) is 21.2. The van der Waals surface area contributed by atoms with Crippen LogP contribution < -0.4 is 5.48 Å². The molecule has 0 bridgehead atoms. The average molecular weight is 402 g/mol. The van der Waals surface area contributed by atoms with Crippen molar-refractivity contribution in [3.63, 3.8) is 0 Å². The Hall–Kier alpha value is -2.54. The molecule has 0 aromatic heterocycles. The van der Waals surface area contributed by atoms with Crippen LogP contribution in [0.1, 0.15) is 53.5 Å². The molecule has 2 aliphatic heterocycles. The lowest BCUT2D eigenvalue weighted by molar-refractivity contribution is -0.160. The number of nitrogens with one attached hydrogen (secondary N) is 1. The van der Waals surface area contributed by atoms with E-state index in [4.69, 9.17) is 14.3 Å². The fourth-order valence-corrected chi connectivity index (χ4v) is 3.41. The highest BCUT2D eigenvalue weighted by molar-refractivity contribution is 5.83. The summed E-state index contributed by atoms with van der Waals surface area (Å²) in [7, 11) is 0. The fourth-order valence-electron chi connectivity index (χ4n) is 3.41. The van der Waals surface area contributed by atoms with Gasteiger partial charge in [-0.2, -0.15) is 0 Å². The van der Waals surface area contributed by atoms with Crippen LogP contribution in [-0.4, -0.2) is 46.4 Å². The molecule has 7 heteroatoms. The standard InChI is InChI=1S/C22H30N2O5/c1-20(2,3)27-18(25)17-13-22(14-24(17)19(26)28-21(4,5)6)12-16(23-29-22)15-10-8-7-9-11-15/h7-12,17,23H,13-14H2,1-6H3/t17-,22+/m0/s1. The molecule has 2 heterocycles. The Morgan fingerprint density at radius 2 is 1.69 bits per heavy atom. The normalized spacial score (nSPS) is 24.3. The molecule has 0 saturated carbocycles. The first-order valence-electron chi connectivity index (χ1n) is 9.82. The quantitative estimate of drug-likeness (QED) is 0.761. The number of hydrogen-bond donors (Lipinski definition) is 1. The zero-order chi connectivity index (χ0) is 21.4. The number of benzene rings is 1. The molecule has 1 spiro atoms. The van der Waals surface area contributed by atoms with Gasteiger partial charge in [-0.05, 0) is 53.2 Å². The summed E-state index contributed by atoms with van der Waals surface area (Å²) in [5.41, 5.74) is 2.56. The van der Waals surface area contributed by atoms with Gasteiger partial charge in [0.25, 0.3) is 0 Å². The summed E-state index contributed by atoms with van der Waals surface area (Å²) in [5.74, 6) is -0.467. The number of esters is 1. The van der Waals surface area contributed by atoms with Crippen LogP contribution in [0, 0.1) is 0 Å². The van der Waals surface area contributed by atoms with Gasteiger partial charge in [-0.3, -0.25) is 15.2 Å². The second-order valence-corrected chi connectivity index (χ2v) is 9.55. The molecule has 2 atom stereocenters. The largest absolute Gasteiger partial charge is 0.458 e. The number of amides is 1. The van der Waals surface area contributed by atoms with Crippen molar-refractivity contribution >= 4 is 17.8 Å². The van der Waals surface area contributed by atoms with Crippen LogP contribution in [-0.2, 0) is 19.1 Å². The van der Waals surface area contributed by atoms with Gasteiger partial charge in [0, 0.05) is 6.42 Å². The molecule has 0 radical (unpaired) electrons. The minimum Gasteiger partial charge on any atom is -0.458 e. The lowest BCUT2D eigenvalue weighted by Crippen LogP contribution is -2.46. The Morgan fingerprint density at radius 3 is 2.28 bits per heavy atom. The topological polar surface area (TPSA) is 77.1 Å². The molecule has 3 rings (SSSR count). The monoisotopic (exact) mass is 402 g/mol. The third kappa shape index (κ3) is 5.09. The van der Waals surface area contributed by atoms with Crippen molar-refractivity contribution in [1.82, 2.24) is 10.4 Å². The van der Waals surface area contributed by atoms with E-state index in [2.05, 4.69) is 5.48 Å². The zero-order valence-electron chi connectivity index (χ0n) is 17.9. The highest BCUT2D eigenvalue weighted by Crippen LogP contribution is 2.38. The molecule has 0 unspecified atom stereocenters. The Morgan fingerprint density at radius 1 is 1.07 bits per heavy atom. The van der Waals surface area contributed by atoms with Gasteiger partial charge in [-0.1, -0.05) is 30.3 Å². The summed E-state index contributed by atoms with van der Waals surface area (Å²) in [6, 6.07) is 8.95. The number of rotatable bonds is 2. The number of likely N-dealkylation sites (tertiary alicyclic amines) is 1. The molecule has 1 aromatic carbocycles. The van der Waals surface area contributed by atoms with Crippen LogP contribution in [0.4, 0.5) is 4.79 Å². The molecule has 0 aliphatic carbocycles. The van der Waals surface area contributed by atoms with Crippen molar-refractivity contribution in [2.24, 2.45) is 0 Å². The van der Waals surface area contributed by atoms with Gasteiger partial charge >= 0.3 is 12.1 Å². The molecule has 7 nitrogen and oxygen atoms in total. The smallest absolute Gasteiger partial charge is 0.411 e. The third-order valence-corrected chi connectivity index (χ3v) is 4.52. The molecular weight excluding hydrogens is 372 g/mol. The summed E-state index contributed by atoms with van der Waals surface area (Å²) in [6.45, 7) is 11.0. The van der Waals surface area contributed by atoms with Gasteiger partial charge in [0.1, 0.15) is 22.8 Å². The van der Waals surface area contributed by atoms with E-state index >= 15 is 0 Å². The molecule has 29 heavy (non-hydrogen) atoms. The maximum atomic E-state index is 12.9. The Bertz CT molecular complexity index is 769. The molecule has 1 aromatic rings. The second kappa shape index (κ2) is 7.37. The molecule has 1 saturated heterocycles. The van der Waals surface area contributed by atoms with E-state index in [0.717, 1.165) is 11.3 Å². The first-order valence-corrected chi connectivity index (χ1v) is 9.82. The molecule has 158 valence electrons. The summed E-state index contributed by atoms with van der Waals surface area (Å²) < 4.78 is 11.1. The van der Waals surface area contributed by atoms with Crippen molar-refractivity contribution in [2.75, 3.05) is 6.54 Å². The second-order valence-electron chi connectivity index (χ2n) is 9.55. The van der Waals surface area contributed by atoms with Crippen LogP contribution in [0.3, 0.4) is 0 Å². The number of hydroxylamine groups is 1. The SMILES string of the molecule is CC(C)(C)OC(=O)[C@@H]1C[C@]2(C=C(c3ccccc3)NO2)CN1C(=O)OC(C)(C)C. The Labute approximate surface area is 171 Å². The van der Waals surface area contributed by atoms with Gasteiger partial charge < -0.3 is 9.47 Å². The lowest BCUT2D eigenvalue weighted by Gasteiger charge is -2.29. The van der Waals surface area contributed by atoms with Crippen molar-refractivity contribution in [3.05, 3.63) is 42.0 Å². The fraction of sp³-hybridized carbons (Fsp3) is 0.545. The van der Waals surface area contributed by atoms with Crippen molar-refractivity contribution in [2.45, 2.75) is 70.8 Å². The van der Waals surface area contributed by atoms with Crippen molar-refractivity contribution in [1.29, 1.82) is 0 Å². The highest BCUT2D eigenvalue weighted by Gasteiger charge is 2.53. The summed E-state index contributed by atoms with van der Waals surface area (Å²) >= 11 is 0. The van der Waals surface area contributed by atoms with Gasteiger partial charge in [0.15, 0.2) is 0 Å². The van der Waals surface area contributed by atoms with Crippen LogP contribution in [0.15, 0.2) is 36.4 Å². The number of ether oxygens (including phenoxy) is 2. The number of hydrogen-bond acceptors (Lipinski definition) is 6. The zero-order valence-corrected chi connectivity index (χ0v) is 17.9.